The van der Waals surface area contributed by atoms with Gasteiger partial charge in [0.1, 0.15) is 5.01 Å². The van der Waals surface area contributed by atoms with Gasteiger partial charge in [0.05, 0.1) is 5.69 Å². The first-order chi connectivity index (χ1) is 6.36. The van der Waals surface area contributed by atoms with Crippen molar-refractivity contribution >= 4 is 11.3 Å². The molecule has 0 saturated heterocycles. The molecule has 2 N–H and O–H groups in total. The van der Waals surface area contributed by atoms with Gasteiger partial charge in [0.25, 0.3) is 0 Å². The fourth-order valence-electron chi connectivity index (χ4n) is 1.39. The lowest BCUT2D eigenvalue weighted by molar-refractivity contribution is 0.560. The minimum absolute atomic E-state index is 0.128. The monoisotopic (exact) mass is 212 g/mol. The zero-order valence-electron chi connectivity index (χ0n) is 9.72. The fourth-order valence-corrected chi connectivity index (χ4v) is 2.55. The molecule has 0 fully saturated rings. The second kappa shape index (κ2) is 3.99. The van der Waals surface area contributed by atoms with Crippen LogP contribution in [0.15, 0.2) is 0 Å². The van der Waals surface area contributed by atoms with Gasteiger partial charge in [-0.05, 0) is 5.92 Å². The van der Waals surface area contributed by atoms with Gasteiger partial charge in [-0.3, -0.25) is 0 Å². The number of rotatable bonds is 2. The molecule has 80 valence electrons. The molecule has 0 radical (unpaired) electrons. The lowest BCUT2D eigenvalue weighted by atomic mass is 9.89. The summed E-state index contributed by atoms with van der Waals surface area (Å²) in [6, 6.07) is 0. The van der Waals surface area contributed by atoms with Gasteiger partial charge in [-0.25, -0.2) is 4.98 Å². The van der Waals surface area contributed by atoms with Crippen molar-refractivity contribution in [1.82, 2.24) is 4.98 Å². The maximum absolute atomic E-state index is 5.62. The quantitative estimate of drug-likeness (QED) is 0.818. The third-order valence-electron chi connectivity index (χ3n) is 2.11. The molecular weight excluding hydrogens is 192 g/mol. The normalized spacial score (nSPS) is 12.5. The van der Waals surface area contributed by atoms with Gasteiger partial charge in [0.15, 0.2) is 0 Å². The van der Waals surface area contributed by atoms with Crippen molar-refractivity contribution < 1.29 is 0 Å². The molecule has 3 heteroatoms. The summed E-state index contributed by atoms with van der Waals surface area (Å²) in [5.41, 5.74) is 6.97. The Balaban J connectivity index is 3.19. The van der Waals surface area contributed by atoms with Crippen molar-refractivity contribution in [2.75, 3.05) is 0 Å². The van der Waals surface area contributed by atoms with Crippen LogP contribution in [0, 0.1) is 0 Å². The summed E-state index contributed by atoms with van der Waals surface area (Å²) in [5, 5.41) is 1.05. The Bertz CT molecular complexity index is 308. The van der Waals surface area contributed by atoms with Crippen LogP contribution in [0.1, 0.15) is 56.1 Å². The molecule has 0 aromatic carbocycles. The van der Waals surface area contributed by atoms with E-state index < -0.39 is 0 Å². The second-order valence-corrected chi connectivity index (χ2v) is 6.04. The largest absolute Gasteiger partial charge is 0.325 e. The highest BCUT2D eigenvalue weighted by atomic mass is 32.1. The maximum Gasteiger partial charge on any atom is 0.107 e. The minimum Gasteiger partial charge on any atom is -0.325 e. The first-order valence-electron chi connectivity index (χ1n) is 5.06. The highest BCUT2D eigenvalue weighted by Crippen LogP contribution is 2.34. The Morgan fingerprint density at radius 1 is 1.36 bits per heavy atom. The standard InChI is InChI=1S/C11H20N2S/c1-7(2)9-10(11(3,4)5)13-8(6-12)14-9/h7H,6,12H2,1-5H3. The van der Waals surface area contributed by atoms with Gasteiger partial charge in [-0.1, -0.05) is 34.6 Å². The van der Waals surface area contributed by atoms with Crippen LogP contribution in [-0.4, -0.2) is 4.98 Å². The Labute approximate surface area is 90.6 Å². The topological polar surface area (TPSA) is 38.9 Å². The van der Waals surface area contributed by atoms with Gasteiger partial charge >= 0.3 is 0 Å². The molecule has 0 saturated carbocycles. The van der Waals surface area contributed by atoms with Gasteiger partial charge in [-0.2, -0.15) is 0 Å². The van der Waals surface area contributed by atoms with Gasteiger partial charge in [0.2, 0.25) is 0 Å². The molecule has 1 heterocycles. The molecule has 2 nitrogen and oxygen atoms in total. The molecule has 0 aliphatic heterocycles. The van der Waals surface area contributed by atoms with E-state index in [1.165, 1.54) is 10.6 Å². The van der Waals surface area contributed by atoms with Crippen LogP contribution < -0.4 is 5.73 Å². The van der Waals surface area contributed by atoms with Crippen LogP contribution in [0.4, 0.5) is 0 Å². The van der Waals surface area contributed by atoms with E-state index in [1.807, 2.05) is 0 Å². The highest BCUT2D eigenvalue weighted by molar-refractivity contribution is 7.11. The van der Waals surface area contributed by atoms with Crippen LogP contribution in [0.2, 0.25) is 0 Å². The van der Waals surface area contributed by atoms with Crippen molar-refractivity contribution in [3.05, 3.63) is 15.6 Å². The van der Waals surface area contributed by atoms with E-state index in [1.54, 1.807) is 11.3 Å². The molecule has 0 atom stereocenters. The number of aromatic nitrogens is 1. The summed E-state index contributed by atoms with van der Waals surface area (Å²) in [4.78, 5) is 6.00. The Hall–Kier alpha value is -0.410. The number of thiazole rings is 1. The number of nitrogens with two attached hydrogens (primary N) is 1. The summed E-state index contributed by atoms with van der Waals surface area (Å²) in [5.74, 6) is 0.544. The number of hydrogen-bond donors (Lipinski definition) is 1. The number of hydrogen-bond acceptors (Lipinski definition) is 3. The molecule has 14 heavy (non-hydrogen) atoms. The molecular formula is C11H20N2S. The first kappa shape index (κ1) is 11.7. The Kier molecular flexibility index (Phi) is 3.32. The fraction of sp³-hybridized carbons (Fsp3) is 0.727. The van der Waals surface area contributed by atoms with Crippen molar-refractivity contribution in [3.63, 3.8) is 0 Å². The third kappa shape index (κ3) is 2.34. The highest BCUT2D eigenvalue weighted by Gasteiger charge is 2.24. The first-order valence-corrected chi connectivity index (χ1v) is 5.88. The van der Waals surface area contributed by atoms with E-state index in [0.29, 0.717) is 12.5 Å². The van der Waals surface area contributed by atoms with Gasteiger partial charge in [0, 0.05) is 16.8 Å². The summed E-state index contributed by atoms with van der Waals surface area (Å²) in [7, 11) is 0. The van der Waals surface area contributed by atoms with E-state index in [9.17, 15) is 0 Å². The zero-order chi connectivity index (χ0) is 10.9. The molecule has 0 aliphatic carbocycles. The van der Waals surface area contributed by atoms with E-state index >= 15 is 0 Å². The van der Waals surface area contributed by atoms with E-state index in [-0.39, 0.29) is 5.41 Å². The van der Waals surface area contributed by atoms with Crippen molar-refractivity contribution in [3.8, 4) is 0 Å². The molecule has 0 bridgehead atoms. The van der Waals surface area contributed by atoms with Crippen LogP contribution in [-0.2, 0) is 12.0 Å². The third-order valence-corrected chi connectivity index (χ3v) is 3.49. The maximum atomic E-state index is 5.62. The summed E-state index contributed by atoms with van der Waals surface area (Å²) < 4.78 is 0. The molecule has 0 amide bonds. The lowest BCUT2D eigenvalue weighted by Gasteiger charge is -2.18. The second-order valence-electron chi connectivity index (χ2n) is 4.93. The SMILES string of the molecule is CC(C)c1sc(CN)nc1C(C)(C)C. The smallest absolute Gasteiger partial charge is 0.107 e. The van der Waals surface area contributed by atoms with Gasteiger partial charge in [-0.15, -0.1) is 11.3 Å². The Morgan fingerprint density at radius 2 is 1.93 bits per heavy atom. The molecule has 1 aromatic heterocycles. The molecule has 1 aromatic rings. The van der Waals surface area contributed by atoms with Crippen molar-refractivity contribution in [2.45, 2.75) is 52.5 Å². The average Bonchev–Trinajstić information content (AvgIpc) is 2.46. The van der Waals surface area contributed by atoms with Crippen LogP contribution in [0.3, 0.4) is 0 Å². The molecule has 0 unspecified atom stereocenters. The minimum atomic E-state index is 0.128. The van der Waals surface area contributed by atoms with Crippen LogP contribution in [0.5, 0.6) is 0 Å². The van der Waals surface area contributed by atoms with E-state index in [0.717, 1.165) is 5.01 Å². The van der Waals surface area contributed by atoms with Crippen LogP contribution in [0.25, 0.3) is 0 Å². The van der Waals surface area contributed by atoms with Gasteiger partial charge < -0.3 is 5.73 Å². The number of nitrogens with zero attached hydrogens (tertiary/aromatic N) is 1. The van der Waals surface area contributed by atoms with E-state index in [2.05, 4.69) is 39.6 Å². The molecule has 0 aliphatic rings. The summed E-state index contributed by atoms with van der Waals surface area (Å²) in [6.07, 6.45) is 0. The summed E-state index contributed by atoms with van der Waals surface area (Å²) in [6.45, 7) is 11.6. The lowest BCUT2D eigenvalue weighted by Crippen LogP contribution is -2.14. The van der Waals surface area contributed by atoms with Crippen LogP contribution >= 0.6 is 11.3 Å². The summed E-state index contributed by atoms with van der Waals surface area (Å²) >= 11 is 1.76. The van der Waals surface area contributed by atoms with Crippen molar-refractivity contribution in [1.29, 1.82) is 0 Å². The van der Waals surface area contributed by atoms with Crippen molar-refractivity contribution in [2.24, 2.45) is 5.73 Å². The zero-order valence-corrected chi connectivity index (χ0v) is 10.5. The van der Waals surface area contributed by atoms with E-state index in [4.69, 9.17) is 5.73 Å². The molecule has 1 rings (SSSR count). The predicted molar refractivity (Wildman–Crippen MR) is 62.8 cm³/mol. The Morgan fingerprint density at radius 3 is 2.21 bits per heavy atom. The predicted octanol–water partition coefficient (Wildman–Crippen LogP) is 3.02. The average molecular weight is 212 g/mol. The molecule has 0 spiro atoms.